The zero-order valence-electron chi connectivity index (χ0n) is 10.4. The average Bonchev–Trinajstić information content (AvgIpc) is 2.48. The summed E-state index contributed by atoms with van der Waals surface area (Å²) >= 11 is 13.8. The van der Waals surface area contributed by atoms with Gasteiger partial charge in [0.1, 0.15) is 5.03 Å². The van der Waals surface area contributed by atoms with Crippen LogP contribution in [0.25, 0.3) is 10.8 Å². The second-order valence-electron chi connectivity index (χ2n) is 4.22. The summed E-state index contributed by atoms with van der Waals surface area (Å²) in [5, 5.41) is 12.2. The molecule has 0 atom stereocenters. The number of hydrogen-bond donors (Lipinski definition) is 0. The van der Waals surface area contributed by atoms with E-state index in [1.807, 2.05) is 48.5 Å². The van der Waals surface area contributed by atoms with E-state index in [4.69, 9.17) is 23.2 Å². The van der Waals surface area contributed by atoms with Crippen molar-refractivity contribution in [2.45, 2.75) is 10.8 Å². The number of fused-ring (bicyclic) bond motifs is 1. The van der Waals surface area contributed by atoms with E-state index in [0.29, 0.717) is 5.15 Å². The minimum Gasteiger partial charge on any atom is -0.142 e. The van der Waals surface area contributed by atoms with E-state index >= 15 is 0 Å². The van der Waals surface area contributed by atoms with Crippen molar-refractivity contribution in [1.82, 2.24) is 10.2 Å². The maximum absolute atomic E-state index is 6.16. The molecule has 3 rings (SSSR count). The fourth-order valence-corrected chi connectivity index (χ4v) is 3.38. The molecule has 0 N–H and O–H groups in total. The Kier molecular flexibility index (Phi) is 4.10. The lowest BCUT2D eigenvalue weighted by molar-refractivity contribution is 0.956. The molecule has 0 spiro atoms. The summed E-state index contributed by atoms with van der Waals surface area (Å²) in [6.45, 7) is 0. The highest BCUT2D eigenvalue weighted by Gasteiger charge is 2.09. The fourth-order valence-electron chi connectivity index (χ4n) is 1.91. The summed E-state index contributed by atoms with van der Waals surface area (Å²) in [6.07, 6.45) is 0. The minimum atomic E-state index is 0.433. The Morgan fingerprint density at radius 1 is 0.850 bits per heavy atom. The molecule has 2 nitrogen and oxygen atoms in total. The topological polar surface area (TPSA) is 25.8 Å². The van der Waals surface area contributed by atoms with Crippen LogP contribution in [0, 0.1) is 0 Å². The molecule has 0 radical (unpaired) electrons. The lowest BCUT2D eigenvalue weighted by Gasteiger charge is -2.06. The number of aromatic nitrogens is 2. The zero-order valence-corrected chi connectivity index (χ0v) is 12.7. The molecule has 5 heteroatoms. The van der Waals surface area contributed by atoms with Crippen LogP contribution in [0.3, 0.4) is 0 Å². The molecule has 0 unspecified atom stereocenters. The first-order valence-corrected chi connectivity index (χ1v) is 7.77. The molecule has 0 saturated carbocycles. The van der Waals surface area contributed by atoms with Gasteiger partial charge in [-0.1, -0.05) is 77.4 Å². The number of hydrogen-bond acceptors (Lipinski definition) is 3. The third kappa shape index (κ3) is 2.75. The van der Waals surface area contributed by atoms with Crippen LogP contribution in [-0.4, -0.2) is 10.2 Å². The Morgan fingerprint density at radius 2 is 1.55 bits per heavy atom. The van der Waals surface area contributed by atoms with Crippen molar-refractivity contribution >= 4 is 45.7 Å². The predicted molar refractivity (Wildman–Crippen MR) is 85.6 cm³/mol. The van der Waals surface area contributed by atoms with E-state index in [1.165, 1.54) is 0 Å². The van der Waals surface area contributed by atoms with Crippen molar-refractivity contribution in [3.63, 3.8) is 0 Å². The first-order chi connectivity index (χ1) is 9.75. The number of benzene rings is 2. The Morgan fingerprint density at radius 3 is 2.35 bits per heavy atom. The molecule has 100 valence electrons. The van der Waals surface area contributed by atoms with Crippen molar-refractivity contribution in [1.29, 1.82) is 0 Å². The van der Waals surface area contributed by atoms with E-state index in [-0.39, 0.29) is 0 Å². The standard InChI is InChI=1S/C15H10Cl2N2S/c16-13-8-4-1-5-10(13)9-20-15-12-7-3-2-6-11(12)14(17)18-19-15/h1-8H,9H2. The number of nitrogens with zero attached hydrogens (tertiary/aromatic N) is 2. The first kappa shape index (κ1) is 13.7. The lowest BCUT2D eigenvalue weighted by atomic mass is 10.2. The molecule has 1 aromatic heterocycles. The third-order valence-corrected chi connectivity index (χ3v) is 4.61. The number of thioether (sulfide) groups is 1. The first-order valence-electron chi connectivity index (χ1n) is 6.03. The fraction of sp³-hybridized carbons (Fsp3) is 0.0667. The lowest BCUT2D eigenvalue weighted by Crippen LogP contribution is -1.90. The Labute approximate surface area is 131 Å². The van der Waals surface area contributed by atoms with Gasteiger partial charge >= 0.3 is 0 Å². The van der Waals surface area contributed by atoms with Gasteiger partial charge in [0, 0.05) is 21.5 Å². The Hall–Kier alpha value is -1.29. The molecular formula is C15H10Cl2N2S. The molecule has 0 aliphatic rings. The number of rotatable bonds is 3. The maximum Gasteiger partial charge on any atom is 0.159 e. The van der Waals surface area contributed by atoms with Crippen LogP contribution in [0.4, 0.5) is 0 Å². The number of halogens is 2. The Balaban J connectivity index is 1.92. The second-order valence-corrected chi connectivity index (χ2v) is 5.95. The van der Waals surface area contributed by atoms with Crippen molar-refractivity contribution in [2.24, 2.45) is 0 Å². The third-order valence-electron chi connectivity index (χ3n) is 2.93. The minimum absolute atomic E-state index is 0.433. The summed E-state index contributed by atoms with van der Waals surface area (Å²) in [7, 11) is 0. The molecule has 0 saturated heterocycles. The molecule has 0 amide bonds. The van der Waals surface area contributed by atoms with Crippen molar-refractivity contribution in [3.8, 4) is 0 Å². The van der Waals surface area contributed by atoms with Gasteiger partial charge in [-0.05, 0) is 11.6 Å². The summed E-state index contributed by atoms with van der Waals surface area (Å²) in [5.74, 6) is 0.750. The molecule has 0 bridgehead atoms. The summed E-state index contributed by atoms with van der Waals surface area (Å²) in [6, 6.07) is 15.7. The SMILES string of the molecule is Clc1ccccc1CSc1nnc(Cl)c2ccccc12. The molecule has 0 aliphatic carbocycles. The maximum atomic E-state index is 6.16. The van der Waals surface area contributed by atoms with Crippen LogP contribution in [-0.2, 0) is 5.75 Å². The van der Waals surface area contributed by atoms with E-state index in [0.717, 1.165) is 32.1 Å². The summed E-state index contributed by atoms with van der Waals surface area (Å²) < 4.78 is 0. The van der Waals surface area contributed by atoms with E-state index in [9.17, 15) is 0 Å². The van der Waals surface area contributed by atoms with Gasteiger partial charge in [-0.3, -0.25) is 0 Å². The highest BCUT2D eigenvalue weighted by molar-refractivity contribution is 7.98. The largest absolute Gasteiger partial charge is 0.159 e. The zero-order chi connectivity index (χ0) is 13.9. The Bertz CT molecular complexity index is 762. The molecule has 2 aromatic carbocycles. The van der Waals surface area contributed by atoms with Gasteiger partial charge < -0.3 is 0 Å². The smallest absolute Gasteiger partial charge is 0.142 e. The highest BCUT2D eigenvalue weighted by atomic mass is 35.5. The molecule has 0 fully saturated rings. The van der Waals surface area contributed by atoms with Crippen LogP contribution >= 0.6 is 35.0 Å². The van der Waals surface area contributed by atoms with Crippen molar-refractivity contribution in [3.05, 3.63) is 64.3 Å². The van der Waals surface area contributed by atoms with Crippen LogP contribution in [0.15, 0.2) is 53.6 Å². The van der Waals surface area contributed by atoms with Crippen LogP contribution < -0.4 is 0 Å². The van der Waals surface area contributed by atoms with Gasteiger partial charge in [0.25, 0.3) is 0 Å². The van der Waals surface area contributed by atoms with Gasteiger partial charge in [0.05, 0.1) is 0 Å². The average molecular weight is 321 g/mol. The molecular weight excluding hydrogens is 311 g/mol. The second kappa shape index (κ2) is 6.00. The van der Waals surface area contributed by atoms with E-state index < -0.39 is 0 Å². The van der Waals surface area contributed by atoms with E-state index in [2.05, 4.69) is 10.2 Å². The summed E-state index contributed by atoms with van der Waals surface area (Å²) in [5.41, 5.74) is 1.08. The van der Waals surface area contributed by atoms with Gasteiger partial charge in [-0.2, -0.15) is 0 Å². The predicted octanol–water partition coefficient (Wildman–Crippen LogP) is 5.23. The van der Waals surface area contributed by atoms with Crippen LogP contribution in [0.2, 0.25) is 10.2 Å². The van der Waals surface area contributed by atoms with Crippen molar-refractivity contribution < 1.29 is 0 Å². The van der Waals surface area contributed by atoms with Gasteiger partial charge in [-0.15, -0.1) is 10.2 Å². The normalized spacial score (nSPS) is 10.9. The van der Waals surface area contributed by atoms with Crippen molar-refractivity contribution in [2.75, 3.05) is 0 Å². The summed E-state index contributed by atoms with van der Waals surface area (Å²) in [4.78, 5) is 0. The monoisotopic (exact) mass is 320 g/mol. The quantitative estimate of drug-likeness (QED) is 0.618. The van der Waals surface area contributed by atoms with Gasteiger partial charge in [0.2, 0.25) is 0 Å². The molecule has 3 aromatic rings. The van der Waals surface area contributed by atoms with Crippen LogP contribution in [0.1, 0.15) is 5.56 Å². The molecule has 20 heavy (non-hydrogen) atoms. The van der Waals surface area contributed by atoms with Gasteiger partial charge in [0.15, 0.2) is 5.15 Å². The van der Waals surface area contributed by atoms with E-state index in [1.54, 1.807) is 11.8 Å². The molecule has 0 aliphatic heterocycles. The van der Waals surface area contributed by atoms with Gasteiger partial charge in [-0.25, -0.2) is 0 Å². The van der Waals surface area contributed by atoms with Crippen LogP contribution in [0.5, 0.6) is 0 Å². The highest BCUT2D eigenvalue weighted by Crippen LogP contribution is 2.31. The molecule has 1 heterocycles.